The van der Waals surface area contributed by atoms with E-state index in [1.165, 1.54) is 19.3 Å². The minimum Gasteiger partial charge on any atom is -0.373 e. The molecule has 0 bridgehead atoms. The van der Waals surface area contributed by atoms with Crippen molar-refractivity contribution < 1.29 is 0 Å². The standard InChI is InChI=1S/C14H26N4S/c1-10(2)7-6-8-11(3)16-13-9-12(15-4)17-14(18-13)19-5/h9-11H,6-8H2,1-5H3,(H2,15,16,17,18). The predicted molar refractivity (Wildman–Crippen MR) is 85.1 cm³/mol. The first-order valence-corrected chi connectivity index (χ1v) is 8.15. The maximum absolute atomic E-state index is 4.48. The first kappa shape index (κ1) is 16.1. The van der Waals surface area contributed by atoms with Gasteiger partial charge < -0.3 is 10.6 Å². The van der Waals surface area contributed by atoms with Crippen LogP contribution in [0.25, 0.3) is 0 Å². The van der Waals surface area contributed by atoms with E-state index in [-0.39, 0.29) is 0 Å². The third-order valence-electron chi connectivity index (χ3n) is 2.96. The molecule has 0 aliphatic rings. The average molecular weight is 282 g/mol. The molecule has 0 saturated carbocycles. The molecule has 0 aromatic carbocycles. The van der Waals surface area contributed by atoms with Crippen molar-refractivity contribution in [3.05, 3.63) is 6.07 Å². The van der Waals surface area contributed by atoms with E-state index < -0.39 is 0 Å². The lowest BCUT2D eigenvalue weighted by Crippen LogP contribution is -2.16. The lowest BCUT2D eigenvalue weighted by Gasteiger charge is -2.16. The van der Waals surface area contributed by atoms with Gasteiger partial charge in [-0.1, -0.05) is 38.5 Å². The average Bonchev–Trinajstić information content (AvgIpc) is 2.37. The summed E-state index contributed by atoms with van der Waals surface area (Å²) in [5.41, 5.74) is 0. The number of hydrogen-bond donors (Lipinski definition) is 2. The van der Waals surface area contributed by atoms with Gasteiger partial charge in [0.15, 0.2) is 5.16 Å². The fourth-order valence-corrected chi connectivity index (χ4v) is 2.25. The van der Waals surface area contributed by atoms with Crippen molar-refractivity contribution in [2.45, 2.75) is 51.2 Å². The summed E-state index contributed by atoms with van der Waals surface area (Å²) in [5.74, 6) is 2.54. The van der Waals surface area contributed by atoms with Crippen LogP contribution in [0.4, 0.5) is 11.6 Å². The number of aromatic nitrogens is 2. The summed E-state index contributed by atoms with van der Waals surface area (Å²) >= 11 is 1.56. The Labute approximate surface area is 121 Å². The van der Waals surface area contributed by atoms with Crippen LogP contribution in [0.15, 0.2) is 11.2 Å². The van der Waals surface area contributed by atoms with Crippen molar-refractivity contribution in [1.82, 2.24) is 9.97 Å². The van der Waals surface area contributed by atoms with Gasteiger partial charge in [-0.25, -0.2) is 9.97 Å². The molecule has 108 valence electrons. The molecular weight excluding hydrogens is 256 g/mol. The van der Waals surface area contributed by atoms with Crippen molar-refractivity contribution >= 4 is 23.4 Å². The van der Waals surface area contributed by atoms with Gasteiger partial charge in [0, 0.05) is 19.2 Å². The maximum Gasteiger partial charge on any atom is 0.191 e. The molecule has 0 radical (unpaired) electrons. The molecule has 1 unspecified atom stereocenters. The minimum absolute atomic E-state index is 0.438. The highest BCUT2D eigenvalue weighted by molar-refractivity contribution is 7.98. The molecule has 1 heterocycles. The zero-order valence-electron chi connectivity index (χ0n) is 12.7. The second-order valence-corrected chi connectivity index (χ2v) is 6.02. The normalized spacial score (nSPS) is 12.5. The SMILES string of the molecule is CNc1cc(NC(C)CCCC(C)C)nc(SC)n1. The van der Waals surface area contributed by atoms with Crippen molar-refractivity contribution in [3.8, 4) is 0 Å². The molecule has 0 aliphatic heterocycles. The van der Waals surface area contributed by atoms with E-state index >= 15 is 0 Å². The zero-order valence-corrected chi connectivity index (χ0v) is 13.5. The Balaban J connectivity index is 2.55. The van der Waals surface area contributed by atoms with Gasteiger partial charge >= 0.3 is 0 Å². The van der Waals surface area contributed by atoms with Crippen LogP contribution in [-0.4, -0.2) is 29.3 Å². The van der Waals surface area contributed by atoms with E-state index in [2.05, 4.69) is 41.4 Å². The Morgan fingerprint density at radius 1 is 1.16 bits per heavy atom. The predicted octanol–water partition coefficient (Wildman–Crippen LogP) is 3.87. The fourth-order valence-electron chi connectivity index (χ4n) is 1.88. The molecule has 5 heteroatoms. The second-order valence-electron chi connectivity index (χ2n) is 5.25. The minimum atomic E-state index is 0.438. The number of anilines is 2. The van der Waals surface area contributed by atoms with Gasteiger partial charge in [0.05, 0.1) is 0 Å². The summed E-state index contributed by atoms with van der Waals surface area (Å²) < 4.78 is 0. The number of rotatable bonds is 8. The first-order valence-electron chi connectivity index (χ1n) is 6.92. The van der Waals surface area contributed by atoms with Gasteiger partial charge in [-0.3, -0.25) is 0 Å². The first-order chi connectivity index (χ1) is 9.05. The topological polar surface area (TPSA) is 49.8 Å². The molecule has 0 aliphatic carbocycles. The monoisotopic (exact) mass is 282 g/mol. The molecule has 19 heavy (non-hydrogen) atoms. The van der Waals surface area contributed by atoms with Crippen LogP contribution in [0, 0.1) is 5.92 Å². The van der Waals surface area contributed by atoms with E-state index in [0.29, 0.717) is 6.04 Å². The van der Waals surface area contributed by atoms with Gasteiger partial charge in [-0.2, -0.15) is 0 Å². The highest BCUT2D eigenvalue weighted by Crippen LogP contribution is 2.18. The Morgan fingerprint density at radius 2 is 1.84 bits per heavy atom. The molecule has 1 aromatic heterocycles. The molecular formula is C14H26N4S. The Morgan fingerprint density at radius 3 is 2.42 bits per heavy atom. The number of nitrogens with zero attached hydrogens (tertiary/aromatic N) is 2. The summed E-state index contributed by atoms with van der Waals surface area (Å²) in [6.45, 7) is 6.75. The van der Waals surface area contributed by atoms with Crippen LogP contribution in [0.5, 0.6) is 0 Å². The second kappa shape index (κ2) is 8.25. The van der Waals surface area contributed by atoms with E-state index in [1.54, 1.807) is 11.8 Å². The summed E-state index contributed by atoms with van der Waals surface area (Å²) in [6.07, 6.45) is 5.70. The van der Waals surface area contributed by atoms with Gasteiger partial charge in [0.25, 0.3) is 0 Å². The van der Waals surface area contributed by atoms with Crippen LogP contribution in [0.2, 0.25) is 0 Å². The Hall–Kier alpha value is -0.970. The summed E-state index contributed by atoms with van der Waals surface area (Å²) in [6, 6.07) is 2.40. The van der Waals surface area contributed by atoms with Crippen LogP contribution in [0.1, 0.15) is 40.0 Å². The Bertz CT molecular complexity index is 359. The molecule has 1 aromatic rings. The highest BCUT2D eigenvalue weighted by Gasteiger charge is 2.07. The number of thioether (sulfide) groups is 1. The molecule has 0 spiro atoms. The Kier molecular flexibility index (Phi) is 6.99. The summed E-state index contributed by atoms with van der Waals surface area (Å²) in [5, 5.41) is 7.32. The van der Waals surface area contributed by atoms with Crippen molar-refractivity contribution in [2.75, 3.05) is 23.9 Å². The van der Waals surface area contributed by atoms with Crippen molar-refractivity contribution in [1.29, 1.82) is 0 Å². The van der Waals surface area contributed by atoms with Gasteiger partial charge in [-0.15, -0.1) is 0 Å². The van der Waals surface area contributed by atoms with E-state index in [1.807, 2.05) is 19.4 Å². The summed E-state index contributed by atoms with van der Waals surface area (Å²) in [4.78, 5) is 8.85. The molecule has 0 fully saturated rings. The largest absolute Gasteiger partial charge is 0.373 e. The highest BCUT2D eigenvalue weighted by atomic mass is 32.2. The molecule has 2 N–H and O–H groups in total. The van der Waals surface area contributed by atoms with Crippen LogP contribution in [-0.2, 0) is 0 Å². The lowest BCUT2D eigenvalue weighted by atomic mass is 10.0. The fraction of sp³-hybridized carbons (Fsp3) is 0.714. The van der Waals surface area contributed by atoms with Crippen molar-refractivity contribution in [2.24, 2.45) is 5.92 Å². The number of hydrogen-bond acceptors (Lipinski definition) is 5. The smallest absolute Gasteiger partial charge is 0.191 e. The van der Waals surface area contributed by atoms with Crippen LogP contribution in [0.3, 0.4) is 0 Å². The zero-order chi connectivity index (χ0) is 14.3. The molecule has 1 rings (SSSR count). The third-order valence-corrected chi connectivity index (χ3v) is 3.50. The summed E-state index contributed by atoms with van der Waals surface area (Å²) in [7, 11) is 1.88. The molecule has 0 saturated heterocycles. The molecule has 1 atom stereocenters. The van der Waals surface area contributed by atoms with Gasteiger partial charge in [0.2, 0.25) is 0 Å². The van der Waals surface area contributed by atoms with Crippen LogP contribution >= 0.6 is 11.8 Å². The van der Waals surface area contributed by atoms with Crippen LogP contribution < -0.4 is 10.6 Å². The quantitative estimate of drug-likeness (QED) is 0.560. The molecule has 4 nitrogen and oxygen atoms in total. The van der Waals surface area contributed by atoms with Crippen molar-refractivity contribution in [3.63, 3.8) is 0 Å². The maximum atomic E-state index is 4.48. The van der Waals surface area contributed by atoms with Gasteiger partial charge in [-0.05, 0) is 25.5 Å². The van der Waals surface area contributed by atoms with Gasteiger partial charge in [0.1, 0.15) is 11.6 Å². The van der Waals surface area contributed by atoms with E-state index in [4.69, 9.17) is 0 Å². The third kappa shape index (κ3) is 6.14. The van der Waals surface area contributed by atoms with E-state index in [0.717, 1.165) is 22.7 Å². The lowest BCUT2D eigenvalue weighted by molar-refractivity contribution is 0.520. The molecule has 0 amide bonds. The van der Waals surface area contributed by atoms with E-state index in [9.17, 15) is 0 Å². The number of nitrogens with one attached hydrogen (secondary N) is 2.